The smallest absolute Gasteiger partial charge is 0.338 e. The lowest BCUT2D eigenvalue weighted by atomic mass is 9.77. The van der Waals surface area contributed by atoms with Crippen LogP contribution in [-0.2, 0) is 11.2 Å². The summed E-state index contributed by atoms with van der Waals surface area (Å²) in [5.74, 6) is 0.115. The highest BCUT2D eigenvalue weighted by Crippen LogP contribution is 2.39. The molecule has 0 N–H and O–H groups in total. The molecule has 3 heteroatoms. The molecule has 1 unspecified atom stereocenters. The number of carbonyl (C=O) groups is 1. The standard InChI is InChI=1S/C19H19NO2/c1-12-10-14-6-4-5-7-15(14)18(13(12)2)17-11-20-9-8-16(17)19(21)22-3/h4-9,11-12H,10H2,1-3H3. The zero-order valence-electron chi connectivity index (χ0n) is 13.1. The van der Waals surface area contributed by atoms with Gasteiger partial charge in [-0.05, 0) is 42.0 Å². The largest absolute Gasteiger partial charge is 0.465 e. The van der Waals surface area contributed by atoms with Gasteiger partial charge < -0.3 is 4.74 Å². The summed E-state index contributed by atoms with van der Waals surface area (Å²) in [6.45, 7) is 4.36. The summed E-state index contributed by atoms with van der Waals surface area (Å²) >= 11 is 0. The number of benzene rings is 1. The molecule has 0 fully saturated rings. The van der Waals surface area contributed by atoms with Gasteiger partial charge >= 0.3 is 5.97 Å². The van der Waals surface area contributed by atoms with Crippen LogP contribution in [0.4, 0.5) is 0 Å². The van der Waals surface area contributed by atoms with Crippen LogP contribution in [0.15, 0.2) is 48.3 Å². The van der Waals surface area contributed by atoms with Crippen molar-refractivity contribution in [3.8, 4) is 0 Å². The molecule has 1 aromatic carbocycles. The molecule has 3 nitrogen and oxygen atoms in total. The Morgan fingerprint density at radius 3 is 2.77 bits per heavy atom. The first-order chi connectivity index (χ1) is 10.6. The molecule has 0 amide bonds. The summed E-state index contributed by atoms with van der Waals surface area (Å²) in [7, 11) is 1.41. The van der Waals surface area contributed by atoms with Gasteiger partial charge in [0.2, 0.25) is 0 Å². The third-order valence-electron chi connectivity index (χ3n) is 4.44. The third kappa shape index (κ3) is 2.33. The van der Waals surface area contributed by atoms with E-state index in [0.29, 0.717) is 11.5 Å². The van der Waals surface area contributed by atoms with Gasteiger partial charge in [-0.25, -0.2) is 4.79 Å². The molecule has 1 aromatic heterocycles. The average Bonchev–Trinajstić information content (AvgIpc) is 2.55. The lowest BCUT2D eigenvalue weighted by Crippen LogP contribution is -2.15. The van der Waals surface area contributed by atoms with Crippen molar-refractivity contribution in [3.05, 3.63) is 70.6 Å². The predicted molar refractivity (Wildman–Crippen MR) is 86.6 cm³/mol. The number of hydrogen-bond donors (Lipinski definition) is 0. The molecular formula is C19H19NO2. The van der Waals surface area contributed by atoms with Crippen molar-refractivity contribution >= 4 is 11.5 Å². The molecule has 2 aromatic rings. The van der Waals surface area contributed by atoms with E-state index in [4.69, 9.17) is 4.74 Å². The average molecular weight is 293 g/mol. The van der Waals surface area contributed by atoms with Crippen LogP contribution in [0.1, 0.15) is 40.9 Å². The van der Waals surface area contributed by atoms with Crippen LogP contribution in [0.5, 0.6) is 0 Å². The van der Waals surface area contributed by atoms with Crippen molar-refractivity contribution in [2.45, 2.75) is 20.3 Å². The van der Waals surface area contributed by atoms with E-state index in [1.54, 1.807) is 18.5 Å². The monoisotopic (exact) mass is 293 g/mol. The van der Waals surface area contributed by atoms with Gasteiger partial charge in [0, 0.05) is 18.0 Å². The van der Waals surface area contributed by atoms with E-state index in [2.05, 4.69) is 37.0 Å². The van der Waals surface area contributed by atoms with Gasteiger partial charge in [-0.2, -0.15) is 0 Å². The first-order valence-electron chi connectivity index (χ1n) is 7.45. The van der Waals surface area contributed by atoms with Crippen molar-refractivity contribution in [3.63, 3.8) is 0 Å². The van der Waals surface area contributed by atoms with Crippen molar-refractivity contribution in [1.82, 2.24) is 4.98 Å². The molecule has 1 aliphatic carbocycles. The number of rotatable bonds is 2. The first kappa shape index (κ1) is 14.5. The molecule has 0 aliphatic heterocycles. The molecular weight excluding hydrogens is 274 g/mol. The Morgan fingerprint density at radius 2 is 2.00 bits per heavy atom. The van der Waals surface area contributed by atoms with Gasteiger partial charge in [0.1, 0.15) is 0 Å². The highest BCUT2D eigenvalue weighted by Gasteiger charge is 2.25. The minimum Gasteiger partial charge on any atom is -0.465 e. The van der Waals surface area contributed by atoms with E-state index in [0.717, 1.165) is 17.6 Å². The number of carbonyl (C=O) groups excluding carboxylic acids is 1. The summed E-state index contributed by atoms with van der Waals surface area (Å²) in [6.07, 6.45) is 4.42. The maximum Gasteiger partial charge on any atom is 0.338 e. The number of allylic oxidation sites excluding steroid dienone is 1. The quantitative estimate of drug-likeness (QED) is 0.789. The van der Waals surface area contributed by atoms with Gasteiger partial charge in [-0.3, -0.25) is 4.98 Å². The molecule has 1 atom stereocenters. The Hall–Kier alpha value is -2.42. The summed E-state index contributed by atoms with van der Waals surface area (Å²) in [5, 5.41) is 0. The zero-order valence-corrected chi connectivity index (χ0v) is 13.1. The molecule has 0 radical (unpaired) electrons. The van der Waals surface area contributed by atoms with Crippen LogP contribution in [0.25, 0.3) is 5.57 Å². The van der Waals surface area contributed by atoms with Crippen molar-refractivity contribution < 1.29 is 9.53 Å². The van der Waals surface area contributed by atoms with E-state index >= 15 is 0 Å². The second-order valence-electron chi connectivity index (χ2n) is 5.73. The highest BCUT2D eigenvalue weighted by molar-refractivity contribution is 5.99. The van der Waals surface area contributed by atoms with E-state index in [-0.39, 0.29) is 5.97 Å². The van der Waals surface area contributed by atoms with E-state index < -0.39 is 0 Å². The normalized spacial score (nSPS) is 17.1. The number of methoxy groups -OCH3 is 1. The molecule has 1 aliphatic rings. The Balaban J connectivity index is 2.27. The SMILES string of the molecule is COC(=O)c1ccncc1C1=C(C)C(C)Cc2ccccc21. The van der Waals surface area contributed by atoms with Gasteiger partial charge in [0.15, 0.2) is 0 Å². The summed E-state index contributed by atoms with van der Waals surface area (Å²) in [6, 6.07) is 10.1. The topological polar surface area (TPSA) is 39.2 Å². The van der Waals surface area contributed by atoms with E-state index in [1.807, 2.05) is 6.07 Å². The van der Waals surface area contributed by atoms with Crippen LogP contribution < -0.4 is 0 Å². The van der Waals surface area contributed by atoms with Crippen LogP contribution in [-0.4, -0.2) is 18.1 Å². The molecule has 0 bridgehead atoms. The minimum absolute atomic E-state index is 0.326. The Morgan fingerprint density at radius 1 is 1.23 bits per heavy atom. The fourth-order valence-electron chi connectivity index (χ4n) is 3.12. The van der Waals surface area contributed by atoms with Gasteiger partial charge in [0.05, 0.1) is 12.7 Å². The van der Waals surface area contributed by atoms with Crippen LogP contribution in [0.2, 0.25) is 0 Å². The molecule has 112 valence electrons. The van der Waals surface area contributed by atoms with Crippen LogP contribution in [0.3, 0.4) is 0 Å². The van der Waals surface area contributed by atoms with Gasteiger partial charge in [-0.1, -0.05) is 36.8 Å². The van der Waals surface area contributed by atoms with Gasteiger partial charge in [0.25, 0.3) is 0 Å². The number of hydrogen-bond acceptors (Lipinski definition) is 3. The van der Waals surface area contributed by atoms with Crippen LogP contribution >= 0.6 is 0 Å². The number of fused-ring (bicyclic) bond motifs is 1. The lowest BCUT2D eigenvalue weighted by Gasteiger charge is -2.27. The molecule has 22 heavy (non-hydrogen) atoms. The van der Waals surface area contributed by atoms with Crippen molar-refractivity contribution in [2.75, 3.05) is 7.11 Å². The molecule has 3 rings (SSSR count). The number of esters is 1. The van der Waals surface area contributed by atoms with Crippen molar-refractivity contribution in [2.24, 2.45) is 5.92 Å². The molecule has 0 saturated carbocycles. The maximum atomic E-state index is 12.1. The fraction of sp³-hybridized carbons (Fsp3) is 0.263. The molecule has 0 saturated heterocycles. The highest BCUT2D eigenvalue weighted by atomic mass is 16.5. The zero-order chi connectivity index (χ0) is 15.7. The number of nitrogens with zero attached hydrogens (tertiary/aromatic N) is 1. The predicted octanol–water partition coefficient (Wildman–Crippen LogP) is 3.88. The third-order valence-corrected chi connectivity index (χ3v) is 4.44. The molecule has 0 spiro atoms. The molecule has 1 heterocycles. The second-order valence-corrected chi connectivity index (χ2v) is 5.73. The summed E-state index contributed by atoms with van der Waals surface area (Å²) in [4.78, 5) is 16.3. The second kappa shape index (κ2) is 5.76. The number of ether oxygens (including phenoxy) is 1. The summed E-state index contributed by atoms with van der Waals surface area (Å²) < 4.78 is 4.93. The van der Waals surface area contributed by atoms with Gasteiger partial charge in [-0.15, -0.1) is 0 Å². The van der Waals surface area contributed by atoms with Crippen LogP contribution in [0, 0.1) is 5.92 Å². The van der Waals surface area contributed by atoms with E-state index in [9.17, 15) is 4.79 Å². The minimum atomic E-state index is -0.326. The fourth-order valence-corrected chi connectivity index (χ4v) is 3.12. The number of aromatic nitrogens is 1. The Kier molecular flexibility index (Phi) is 3.80. The first-order valence-corrected chi connectivity index (χ1v) is 7.45. The number of pyridine rings is 1. The van der Waals surface area contributed by atoms with E-state index in [1.165, 1.54) is 23.8 Å². The summed E-state index contributed by atoms with van der Waals surface area (Å²) in [5.41, 5.74) is 6.33. The Labute approximate surface area is 130 Å². The van der Waals surface area contributed by atoms with Crippen molar-refractivity contribution in [1.29, 1.82) is 0 Å². The Bertz CT molecular complexity index is 762. The lowest BCUT2D eigenvalue weighted by molar-refractivity contribution is 0.0600. The maximum absolute atomic E-state index is 12.1.